The summed E-state index contributed by atoms with van der Waals surface area (Å²) < 4.78 is 0. The lowest BCUT2D eigenvalue weighted by atomic mass is 9.87. The van der Waals surface area contributed by atoms with Gasteiger partial charge in [-0.3, -0.25) is 15.1 Å². The smallest absolute Gasteiger partial charge is 0.322 e. The number of anilines is 1. The number of carbonyl (C=O) groups is 2. The van der Waals surface area contributed by atoms with Crippen molar-refractivity contribution in [2.24, 2.45) is 0 Å². The standard InChI is InChI=1S/C21H20N6O2S/c28-19-21(26-20(29)25-19)6-9-27(10-7-21)17-15-13-4-1-5-14(13)30-18(15)24-16(23-17)12-3-2-8-22-11-12/h2-3,8,11H,1,4-7,9-10H2,(H2,25,26,28,29). The second-order valence-electron chi connectivity index (χ2n) is 8.13. The SMILES string of the molecule is O=C1NC(=O)C2(CCN(c3nc(-c4cccnc4)nc4sc5c(c34)CCC5)CC2)N1. The number of rotatable bonds is 2. The third kappa shape index (κ3) is 2.61. The summed E-state index contributed by atoms with van der Waals surface area (Å²) in [6, 6.07) is 3.47. The molecule has 152 valence electrons. The van der Waals surface area contributed by atoms with Crippen LogP contribution in [0.1, 0.15) is 29.7 Å². The first-order valence-electron chi connectivity index (χ1n) is 10.2. The Morgan fingerprint density at radius 1 is 1.13 bits per heavy atom. The topological polar surface area (TPSA) is 100 Å². The van der Waals surface area contributed by atoms with Crippen LogP contribution >= 0.6 is 11.3 Å². The summed E-state index contributed by atoms with van der Waals surface area (Å²) >= 11 is 1.77. The van der Waals surface area contributed by atoms with E-state index in [1.807, 2.05) is 12.1 Å². The number of nitrogens with one attached hydrogen (secondary N) is 2. The van der Waals surface area contributed by atoms with E-state index in [0.29, 0.717) is 31.8 Å². The fourth-order valence-corrected chi connectivity index (χ4v) is 6.07. The average molecular weight is 420 g/mol. The average Bonchev–Trinajstić information content (AvgIpc) is 3.42. The number of imide groups is 1. The van der Waals surface area contributed by atoms with Crippen LogP contribution in [0.4, 0.5) is 10.6 Å². The van der Waals surface area contributed by atoms with Crippen LogP contribution in [0.3, 0.4) is 0 Å². The molecule has 0 atom stereocenters. The molecule has 1 aliphatic carbocycles. The van der Waals surface area contributed by atoms with E-state index in [0.717, 1.165) is 34.4 Å². The van der Waals surface area contributed by atoms with Crippen molar-refractivity contribution in [3.8, 4) is 11.4 Å². The molecule has 2 saturated heterocycles. The second kappa shape index (κ2) is 6.46. The zero-order valence-electron chi connectivity index (χ0n) is 16.3. The van der Waals surface area contributed by atoms with Crippen LogP contribution in [-0.4, -0.2) is 45.5 Å². The summed E-state index contributed by atoms with van der Waals surface area (Å²) in [6.07, 6.45) is 8.00. The summed E-state index contributed by atoms with van der Waals surface area (Å²) in [5.41, 5.74) is 1.49. The first-order chi connectivity index (χ1) is 14.6. The van der Waals surface area contributed by atoms with Crippen molar-refractivity contribution in [3.63, 3.8) is 0 Å². The minimum absolute atomic E-state index is 0.215. The monoisotopic (exact) mass is 420 g/mol. The number of urea groups is 1. The van der Waals surface area contributed by atoms with E-state index in [1.165, 1.54) is 16.9 Å². The van der Waals surface area contributed by atoms with Crippen molar-refractivity contribution >= 4 is 39.3 Å². The lowest BCUT2D eigenvalue weighted by Gasteiger charge is -2.38. The van der Waals surface area contributed by atoms with Crippen LogP contribution in [0, 0.1) is 0 Å². The summed E-state index contributed by atoms with van der Waals surface area (Å²) in [4.78, 5) is 42.8. The highest BCUT2D eigenvalue weighted by molar-refractivity contribution is 7.19. The van der Waals surface area contributed by atoms with Crippen LogP contribution in [-0.2, 0) is 17.6 Å². The zero-order valence-corrected chi connectivity index (χ0v) is 17.1. The van der Waals surface area contributed by atoms with Crippen molar-refractivity contribution in [2.75, 3.05) is 18.0 Å². The number of piperidine rings is 1. The Morgan fingerprint density at radius 2 is 2.00 bits per heavy atom. The fraction of sp³-hybridized carbons (Fsp3) is 0.381. The third-order valence-electron chi connectivity index (χ3n) is 6.40. The van der Waals surface area contributed by atoms with Gasteiger partial charge in [0.2, 0.25) is 0 Å². The van der Waals surface area contributed by atoms with E-state index in [1.54, 1.807) is 23.7 Å². The molecule has 3 aliphatic rings. The van der Waals surface area contributed by atoms with Gasteiger partial charge in [-0.15, -0.1) is 11.3 Å². The molecule has 1 spiro atoms. The molecule has 0 radical (unpaired) electrons. The first-order valence-corrected chi connectivity index (χ1v) is 11.1. The lowest BCUT2D eigenvalue weighted by Crippen LogP contribution is -2.55. The molecule has 30 heavy (non-hydrogen) atoms. The molecule has 2 N–H and O–H groups in total. The Morgan fingerprint density at radius 3 is 2.73 bits per heavy atom. The normalized spacial score (nSPS) is 19.9. The van der Waals surface area contributed by atoms with Gasteiger partial charge in [-0.05, 0) is 49.8 Å². The Hall–Kier alpha value is -3.07. The largest absolute Gasteiger partial charge is 0.356 e. The van der Waals surface area contributed by atoms with Crippen molar-refractivity contribution in [1.29, 1.82) is 0 Å². The van der Waals surface area contributed by atoms with E-state index < -0.39 is 11.6 Å². The van der Waals surface area contributed by atoms with Gasteiger partial charge in [0.15, 0.2) is 5.82 Å². The predicted molar refractivity (Wildman–Crippen MR) is 114 cm³/mol. The van der Waals surface area contributed by atoms with E-state index in [2.05, 4.69) is 20.5 Å². The van der Waals surface area contributed by atoms with Crippen LogP contribution in [0.5, 0.6) is 0 Å². The van der Waals surface area contributed by atoms with Crippen molar-refractivity contribution in [1.82, 2.24) is 25.6 Å². The van der Waals surface area contributed by atoms with Gasteiger partial charge in [0.25, 0.3) is 5.91 Å². The molecule has 3 aromatic heterocycles. The summed E-state index contributed by atoms with van der Waals surface area (Å²) in [5, 5.41) is 6.38. The Bertz CT molecular complexity index is 1180. The summed E-state index contributed by atoms with van der Waals surface area (Å²) in [7, 11) is 0. The summed E-state index contributed by atoms with van der Waals surface area (Å²) in [5.74, 6) is 1.41. The number of amides is 3. The molecule has 9 heteroatoms. The van der Waals surface area contributed by atoms with Gasteiger partial charge in [-0.1, -0.05) is 0 Å². The highest BCUT2D eigenvalue weighted by Gasteiger charge is 2.48. The zero-order chi connectivity index (χ0) is 20.3. The molecule has 3 aromatic rings. The van der Waals surface area contributed by atoms with Gasteiger partial charge in [0.1, 0.15) is 16.2 Å². The van der Waals surface area contributed by atoms with Crippen LogP contribution in [0.25, 0.3) is 21.6 Å². The van der Waals surface area contributed by atoms with E-state index in [9.17, 15) is 9.59 Å². The van der Waals surface area contributed by atoms with Gasteiger partial charge < -0.3 is 10.2 Å². The number of aryl methyl sites for hydroxylation is 2. The van der Waals surface area contributed by atoms with Crippen LogP contribution in [0.15, 0.2) is 24.5 Å². The van der Waals surface area contributed by atoms with E-state index in [-0.39, 0.29) is 5.91 Å². The minimum atomic E-state index is -0.789. The van der Waals surface area contributed by atoms with Crippen molar-refractivity contribution in [2.45, 2.75) is 37.6 Å². The fourth-order valence-electron chi connectivity index (χ4n) is 4.81. The third-order valence-corrected chi connectivity index (χ3v) is 7.58. The molecular formula is C21H20N6O2S. The number of pyridine rings is 1. The molecule has 6 rings (SSSR count). The lowest BCUT2D eigenvalue weighted by molar-refractivity contribution is -0.124. The van der Waals surface area contributed by atoms with Gasteiger partial charge >= 0.3 is 6.03 Å². The highest BCUT2D eigenvalue weighted by Crippen LogP contribution is 2.42. The molecule has 5 heterocycles. The summed E-state index contributed by atoms with van der Waals surface area (Å²) in [6.45, 7) is 1.30. The Kier molecular flexibility index (Phi) is 3.83. The number of aromatic nitrogens is 3. The predicted octanol–water partition coefficient (Wildman–Crippen LogP) is 2.42. The number of nitrogens with zero attached hydrogens (tertiary/aromatic N) is 4. The molecule has 0 saturated carbocycles. The molecule has 2 fully saturated rings. The van der Waals surface area contributed by atoms with Gasteiger partial charge in [0, 0.05) is 35.9 Å². The minimum Gasteiger partial charge on any atom is -0.356 e. The number of thiophene rings is 1. The van der Waals surface area contributed by atoms with E-state index >= 15 is 0 Å². The Balaban J connectivity index is 1.42. The van der Waals surface area contributed by atoms with Crippen molar-refractivity contribution < 1.29 is 9.59 Å². The maximum Gasteiger partial charge on any atom is 0.322 e. The number of hydrogen-bond donors (Lipinski definition) is 2. The number of carbonyl (C=O) groups excluding carboxylic acids is 2. The molecule has 8 nitrogen and oxygen atoms in total. The molecule has 0 bridgehead atoms. The molecule has 0 aromatic carbocycles. The highest BCUT2D eigenvalue weighted by atomic mass is 32.1. The molecular weight excluding hydrogens is 400 g/mol. The van der Waals surface area contributed by atoms with Crippen molar-refractivity contribution in [3.05, 3.63) is 35.0 Å². The maximum atomic E-state index is 12.3. The second-order valence-corrected chi connectivity index (χ2v) is 9.21. The van der Waals surface area contributed by atoms with Gasteiger partial charge in [0.05, 0.1) is 5.39 Å². The molecule has 2 aliphatic heterocycles. The van der Waals surface area contributed by atoms with Gasteiger partial charge in [-0.2, -0.15) is 0 Å². The van der Waals surface area contributed by atoms with E-state index in [4.69, 9.17) is 9.97 Å². The quantitative estimate of drug-likeness (QED) is 0.618. The maximum absolute atomic E-state index is 12.3. The number of hydrogen-bond acceptors (Lipinski definition) is 7. The number of fused-ring (bicyclic) bond motifs is 3. The molecule has 3 amide bonds. The Labute approximate surface area is 176 Å². The van der Waals surface area contributed by atoms with Crippen LogP contribution < -0.4 is 15.5 Å². The first kappa shape index (κ1) is 17.8. The van der Waals surface area contributed by atoms with Gasteiger partial charge in [-0.25, -0.2) is 14.8 Å². The van der Waals surface area contributed by atoms with Crippen LogP contribution in [0.2, 0.25) is 0 Å². The molecule has 0 unspecified atom stereocenters.